The third kappa shape index (κ3) is 3.65. The van der Waals surface area contributed by atoms with Gasteiger partial charge in [0, 0.05) is 12.0 Å². The molecule has 1 amide bonds. The standard InChI is InChI=1S/C20H24N2O3S/c1-12-5-7-15(8-6-12)18-22-14(3)17(26-18)13(2)21-16(23)11-20(19(24)25)9-4-10-20/h5-8,13H,4,9-11H2,1-3H3,(H,21,23)(H,24,25). The smallest absolute Gasteiger partial charge is 0.310 e. The molecule has 26 heavy (non-hydrogen) atoms. The van der Waals surface area contributed by atoms with Crippen molar-refractivity contribution in [3.8, 4) is 10.6 Å². The quantitative estimate of drug-likeness (QED) is 0.794. The van der Waals surface area contributed by atoms with Crippen molar-refractivity contribution in [2.75, 3.05) is 0 Å². The Morgan fingerprint density at radius 2 is 1.92 bits per heavy atom. The Morgan fingerprint density at radius 3 is 2.46 bits per heavy atom. The van der Waals surface area contributed by atoms with E-state index in [1.165, 1.54) is 5.56 Å². The highest BCUT2D eigenvalue weighted by Crippen LogP contribution is 2.44. The Labute approximate surface area is 157 Å². The first-order valence-electron chi connectivity index (χ1n) is 8.88. The number of aromatic nitrogens is 1. The highest BCUT2D eigenvalue weighted by molar-refractivity contribution is 7.15. The molecule has 1 aromatic heterocycles. The molecule has 3 rings (SSSR count). The lowest BCUT2D eigenvalue weighted by atomic mass is 9.66. The van der Waals surface area contributed by atoms with Gasteiger partial charge in [-0.05, 0) is 33.6 Å². The number of hydrogen-bond acceptors (Lipinski definition) is 4. The lowest BCUT2D eigenvalue weighted by Gasteiger charge is -2.37. The van der Waals surface area contributed by atoms with Gasteiger partial charge in [0.15, 0.2) is 0 Å². The molecule has 0 bridgehead atoms. The number of carboxylic acid groups (broad SMARTS) is 1. The molecular weight excluding hydrogens is 348 g/mol. The molecule has 1 aromatic carbocycles. The van der Waals surface area contributed by atoms with Crippen LogP contribution in [0.3, 0.4) is 0 Å². The van der Waals surface area contributed by atoms with Crippen LogP contribution in [0.4, 0.5) is 0 Å². The summed E-state index contributed by atoms with van der Waals surface area (Å²) in [6.45, 7) is 5.91. The van der Waals surface area contributed by atoms with E-state index in [4.69, 9.17) is 0 Å². The van der Waals surface area contributed by atoms with Gasteiger partial charge in [-0.25, -0.2) is 4.98 Å². The van der Waals surface area contributed by atoms with Crippen LogP contribution in [-0.4, -0.2) is 22.0 Å². The van der Waals surface area contributed by atoms with E-state index in [1.54, 1.807) is 11.3 Å². The number of carbonyl (C=O) groups is 2. The first-order valence-corrected chi connectivity index (χ1v) is 9.69. The fraction of sp³-hybridized carbons (Fsp3) is 0.450. The zero-order valence-electron chi connectivity index (χ0n) is 15.3. The van der Waals surface area contributed by atoms with Gasteiger partial charge in [-0.3, -0.25) is 9.59 Å². The van der Waals surface area contributed by atoms with Gasteiger partial charge in [-0.1, -0.05) is 36.2 Å². The summed E-state index contributed by atoms with van der Waals surface area (Å²) in [6.07, 6.45) is 2.10. The summed E-state index contributed by atoms with van der Waals surface area (Å²) < 4.78 is 0. The SMILES string of the molecule is Cc1ccc(-c2nc(C)c(C(C)NC(=O)CC3(C(=O)O)CCC3)s2)cc1. The Hall–Kier alpha value is -2.21. The normalized spacial score (nSPS) is 16.6. The largest absolute Gasteiger partial charge is 0.481 e. The van der Waals surface area contributed by atoms with Crippen molar-refractivity contribution >= 4 is 23.2 Å². The van der Waals surface area contributed by atoms with Gasteiger partial charge in [0.2, 0.25) is 5.91 Å². The number of hydrogen-bond donors (Lipinski definition) is 2. The molecule has 1 aliphatic carbocycles. The number of aryl methyl sites for hydroxylation is 2. The lowest BCUT2D eigenvalue weighted by molar-refractivity contribution is -0.157. The first-order chi connectivity index (χ1) is 12.3. The van der Waals surface area contributed by atoms with E-state index < -0.39 is 11.4 Å². The van der Waals surface area contributed by atoms with E-state index in [2.05, 4.69) is 22.4 Å². The summed E-state index contributed by atoms with van der Waals surface area (Å²) in [5, 5.41) is 13.3. The number of carboxylic acids is 1. The Morgan fingerprint density at radius 1 is 1.27 bits per heavy atom. The summed E-state index contributed by atoms with van der Waals surface area (Å²) in [4.78, 5) is 29.5. The van der Waals surface area contributed by atoms with Crippen LogP contribution in [-0.2, 0) is 9.59 Å². The molecule has 2 N–H and O–H groups in total. The molecule has 1 unspecified atom stereocenters. The van der Waals surface area contributed by atoms with E-state index in [1.807, 2.05) is 32.9 Å². The van der Waals surface area contributed by atoms with Crippen molar-refractivity contribution in [3.63, 3.8) is 0 Å². The molecule has 1 heterocycles. The van der Waals surface area contributed by atoms with Crippen molar-refractivity contribution in [1.82, 2.24) is 10.3 Å². The Kier molecular flexibility index (Phi) is 5.14. The molecule has 1 saturated carbocycles. The van der Waals surface area contributed by atoms with Crippen molar-refractivity contribution in [1.29, 1.82) is 0 Å². The van der Waals surface area contributed by atoms with E-state index >= 15 is 0 Å². The maximum absolute atomic E-state index is 12.4. The fourth-order valence-electron chi connectivity index (χ4n) is 3.36. The van der Waals surface area contributed by atoms with E-state index in [0.717, 1.165) is 27.6 Å². The zero-order valence-corrected chi connectivity index (χ0v) is 16.2. The molecule has 1 fully saturated rings. The minimum Gasteiger partial charge on any atom is -0.481 e. The molecule has 0 spiro atoms. The lowest BCUT2D eigenvalue weighted by Crippen LogP contribution is -2.42. The van der Waals surface area contributed by atoms with Gasteiger partial charge in [-0.2, -0.15) is 0 Å². The van der Waals surface area contributed by atoms with Gasteiger partial charge >= 0.3 is 5.97 Å². The van der Waals surface area contributed by atoms with Gasteiger partial charge in [0.05, 0.1) is 22.0 Å². The second kappa shape index (κ2) is 7.19. The van der Waals surface area contributed by atoms with Crippen molar-refractivity contribution < 1.29 is 14.7 Å². The Balaban J connectivity index is 1.70. The molecule has 1 atom stereocenters. The Bertz CT molecular complexity index is 822. The number of amides is 1. The molecule has 138 valence electrons. The number of nitrogens with zero attached hydrogens (tertiary/aromatic N) is 1. The summed E-state index contributed by atoms with van der Waals surface area (Å²) in [5.74, 6) is -1.06. The maximum atomic E-state index is 12.4. The molecule has 0 aliphatic heterocycles. The highest BCUT2D eigenvalue weighted by Gasteiger charge is 2.46. The van der Waals surface area contributed by atoms with Crippen LogP contribution in [0.25, 0.3) is 10.6 Å². The second-order valence-corrected chi connectivity index (χ2v) is 8.27. The molecule has 0 saturated heterocycles. The topological polar surface area (TPSA) is 79.3 Å². The second-order valence-electron chi connectivity index (χ2n) is 7.24. The molecular formula is C20H24N2O3S. The number of rotatable bonds is 6. The van der Waals surface area contributed by atoms with Gasteiger partial charge in [0.25, 0.3) is 0 Å². The predicted molar refractivity (Wildman–Crippen MR) is 102 cm³/mol. The van der Waals surface area contributed by atoms with Crippen LogP contribution in [0, 0.1) is 19.3 Å². The molecule has 2 aromatic rings. The van der Waals surface area contributed by atoms with Gasteiger partial charge < -0.3 is 10.4 Å². The summed E-state index contributed by atoms with van der Waals surface area (Å²) in [5.41, 5.74) is 2.30. The van der Waals surface area contributed by atoms with E-state index in [-0.39, 0.29) is 18.4 Å². The molecule has 0 radical (unpaired) electrons. The van der Waals surface area contributed by atoms with Gasteiger partial charge in [-0.15, -0.1) is 11.3 Å². The van der Waals surface area contributed by atoms with Crippen molar-refractivity contribution in [3.05, 3.63) is 40.4 Å². The number of carbonyl (C=O) groups excluding carboxylic acids is 1. The summed E-state index contributed by atoms with van der Waals surface area (Å²) in [7, 11) is 0. The molecule has 5 nitrogen and oxygen atoms in total. The predicted octanol–water partition coefficient (Wildman–Crippen LogP) is 4.25. The number of benzene rings is 1. The third-order valence-electron chi connectivity index (χ3n) is 5.17. The van der Waals surface area contributed by atoms with Crippen LogP contribution < -0.4 is 5.32 Å². The minimum atomic E-state index is -0.862. The monoisotopic (exact) mass is 372 g/mol. The molecule has 1 aliphatic rings. The number of nitrogens with one attached hydrogen (secondary N) is 1. The fourth-order valence-corrected chi connectivity index (χ4v) is 4.44. The zero-order chi connectivity index (χ0) is 18.9. The van der Waals surface area contributed by atoms with E-state index in [0.29, 0.717) is 12.8 Å². The van der Waals surface area contributed by atoms with Crippen molar-refractivity contribution in [2.45, 2.75) is 52.5 Å². The highest BCUT2D eigenvalue weighted by atomic mass is 32.1. The van der Waals surface area contributed by atoms with E-state index in [9.17, 15) is 14.7 Å². The summed E-state index contributed by atoms with van der Waals surface area (Å²) in [6, 6.07) is 8.02. The van der Waals surface area contributed by atoms with Crippen LogP contribution in [0.2, 0.25) is 0 Å². The third-order valence-corrected chi connectivity index (χ3v) is 6.55. The minimum absolute atomic E-state index is 0.0509. The first kappa shape index (κ1) is 18.6. The number of aliphatic carboxylic acids is 1. The summed E-state index contributed by atoms with van der Waals surface area (Å²) >= 11 is 1.57. The average Bonchev–Trinajstić information content (AvgIpc) is 2.93. The maximum Gasteiger partial charge on any atom is 0.310 e. The van der Waals surface area contributed by atoms with Crippen LogP contribution in [0.15, 0.2) is 24.3 Å². The van der Waals surface area contributed by atoms with Crippen LogP contribution in [0.5, 0.6) is 0 Å². The average molecular weight is 372 g/mol. The van der Waals surface area contributed by atoms with Gasteiger partial charge in [0.1, 0.15) is 5.01 Å². The number of thiazole rings is 1. The van der Waals surface area contributed by atoms with Crippen molar-refractivity contribution in [2.24, 2.45) is 5.41 Å². The van der Waals surface area contributed by atoms with Crippen LogP contribution in [0.1, 0.15) is 54.8 Å². The van der Waals surface area contributed by atoms with Crippen LogP contribution >= 0.6 is 11.3 Å². The molecule has 6 heteroatoms.